The Morgan fingerprint density at radius 1 is 1.23 bits per heavy atom. The Labute approximate surface area is 151 Å². The van der Waals surface area contributed by atoms with Crippen LogP contribution in [0.15, 0.2) is 42.5 Å². The molecule has 1 N–H and O–H groups in total. The molecule has 0 unspecified atom stereocenters. The number of benzene rings is 2. The first-order valence-electron chi connectivity index (χ1n) is 8.24. The van der Waals surface area contributed by atoms with Gasteiger partial charge < -0.3 is 24.4 Å². The van der Waals surface area contributed by atoms with E-state index in [1.54, 1.807) is 54.5 Å². The summed E-state index contributed by atoms with van der Waals surface area (Å²) < 4.78 is 16.0. The molecule has 0 aromatic heterocycles. The third-order valence-electron chi connectivity index (χ3n) is 3.91. The standard InChI is InChI=1S/C19H20N2O5/c1-3-21-16-9-13(7-8-17(16)26-12-19(21)23)20-18(22)11-25-15-6-4-5-14(10-15)24-2/h4-10H,3,11-12H2,1-2H3,(H,20,22). The van der Waals surface area contributed by atoms with Gasteiger partial charge in [-0.15, -0.1) is 0 Å². The largest absolute Gasteiger partial charge is 0.497 e. The molecule has 2 amide bonds. The number of likely N-dealkylation sites (N-methyl/N-ethyl adjacent to an activating group) is 1. The molecule has 2 aromatic carbocycles. The Bertz CT molecular complexity index is 821. The number of ether oxygens (including phenoxy) is 3. The Morgan fingerprint density at radius 2 is 2.04 bits per heavy atom. The molecule has 7 heteroatoms. The van der Waals surface area contributed by atoms with Crippen molar-refractivity contribution in [1.29, 1.82) is 0 Å². The van der Waals surface area contributed by atoms with Gasteiger partial charge in [0.15, 0.2) is 13.2 Å². The number of amides is 2. The Hall–Kier alpha value is -3.22. The third-order valence-corrected chi connectivity index (χ3v) is 3.91. The fourth-order valence-electron chi connectivity index (χ4n) is 2.66. The number of methoxy groups -OCH3 is 1. The predicted molar refractivity (Wildman–Crippen MR) is 97.1 cm³/mol. The highest BCUT2D eigenvalue weighted by molar-refractivity contribution is 5.99. The van der Waals surface area contributed by atoms with Crippen molar-refractivity contribution < 1.29 is 23.8 Å². The SMILES string of the molecule is CCN1C(=O)COc2ccc(NC(=O)COc3cccc(OC)c3)cc21. The lowest BCUT2D eigenvalue weighted by atomic mass is 10.2. The molecule has 1 aliphatic heterocycles. The summed E-state index contributed by atoms with van der Waals surface area (Å²) in [7, 11) is 1.57. The first-order valence-corrected chi connectivity index (χ1v) is 8.24. The van der Waals surface area contributed by atoms with Crippen LogP contribution in [0, 0.1) is 0 Å². The number of anilines is 2. The van der Waals surface area contributed by atoms with E-state index in [9.17, 15) is 9.59 Å². The van der Waals surface area contributed by atoms with Gasteiger partial charge in [-0.3, -0.25) is 9.59 Å². The number of carbonyl (C=O) groups excluding carboxylic acids is 2. The summed E-state index contributed by atoms with van der Waals surface area (Å²) in [5, 5.41) is 2.76. The van der Waals surface area contributed by atoms with Gasteiger partial charge in [-0.25, -0.2) is 0 Å². The number of rotatable bonds is 6. The molecule has 0 atom stereocenters. The summed E-state index contributed by atoms with van der Waals surface area (Å²) in [6, 6.07) is 12.2. The summed E-state index contributed by atoms with van der Waals surface area (Å²) >= 11 is 0. The van der Waals surface area contributed by atoms with E-state index in [-0.39, 0.29) is 25.0 Å². The average Bonchev–Trinajstić information content (AvgIpc) is 2.66. The van der Waals surface area contributed by atoms with Gasteiger partial charge in [0.1, 0.15) is 17.2 Å². The summed E-state index contributed by atoms with van der Waals surface area (Å²) in [6.07, 6.45) is 0. The maximum absolute atomic E-state index is 12.1. The monoisotopic (exact) mass is 356 g/mol. The van der Waals surface area contributed by atoms with Gasteiger partial charge in [0.05, 0.1) is 12.8 Å². The van der Waals surface area contributed by atoms with Gasteiger partial charge in [-0.1, -0.05) is 6.07 Å². The molecule has 0 fully saturated rings. The van der Waals surface area contributed by atoms with Gasteiger partial charge in [-0.2, -0.15) is 0 Å². The summed E-state index contributed by atoms with van der Waals surface area (Å²) in [6.45, 7) is 2.31. The first kappa shape index (κ1) is 17.6. The molecule has 0 radical (unpaired) electrons. The number of nitrogens with zero attached hydrogens (tertiary/aromatic N) is 1. The smallest absolute Gasteiger partial charge is 0.265 e. The Balaban J connectivity index is 1.64. The molecular weight excluding hydrogens is 336 g/mol. The Morgan fingerprint density at radius 3 is 2.81 bits per heavy atom. The lowest BCUT2D eigenvalue weighted by molar-refractivity contribution is -0.121. The van der Waals surface area contributed by atoms with Crippen molar-refractivity contribution >= 4 is 23.2 Å². The highest BCUT2D eigenvalue weighted by atomic mass is 16.5. The normalized spacial score (nSPS) is 12.8. The van der Waals surface area contributed by atoms with Crippen molar-refractivity contribution in [1.82, 2.24) is 0 Å². The number of nitrogens with one attached hydrogen (secondary N) is 1. The highest BCUT2D eigenvalue weighted by Gasteiger charge is 2.24. The Kier molecular flexibility index (Phi) is 5.26. The third kappa shape index (κ3) is 3.88. The van der Waals surface area contributed by atoms with E-state index in [4.69, 9.17) is 14.2 Å². The van der Waals surface area contributed by atoms with Crippen LogP contribution in [0.3, 0.4) is 0 Å². The summed E-state index contributed by atoms with van der Waals surface area (Å²) in [5.41, 5.74) is 1.22. The lowest BCUT2D eigenvalue weighted by Crippen LogP contribution is -2.38. The summed E-state index contributed by atoms with van der Waals surface area (Å²) in [5.74, 6) is 1.41. The molecule has 0 bridgehead atoms. The van der Waals surface area contributed by atoms with Crippen LogP contribution in [0.5, 0.6) is 17.2 Å². The van der Waals surface area contributed by atoms with Crippen molar-refractivity contribution in [2.75, 3.05) is 37.1 Å². The predicted octanol–water partition coefficient (Wildman–Crippen LogP) is 2.46. The van der Waals surface area contributed by atoms with Crippen LogP contribution in [0.25, 0.3) is 0 Å². The van der Waals surface area contributed by atoms with Crippen LogP contribution in [-0.4, -0.2) is 38.7 Å². The molecule has 0 saturated heterocycles. The van der Waals surface area contributed by atoms with E-state index in [1.807, 2.05) is 6.92 Å². The number of carbonyl (C=O) groups is 2. The zero-order valence-corrected chi connectivity index (χ0v) is 14.7. The molecule has 2 aromatic rings. The molecule has 136 valence electrons. The van der Waals surface area contributed by atoms with Crippen LogP contribution in [0.4, 0.5) is 11.4 Å². The van der Waals surface area contributed by atoms with Gasteiger partial charge in [-0.05, 0) is 37.3 Å². The lowest BCUT2D eigenvalue weighted by Gasteiger charge is -2.28. The molecular formula is C19H20N2O5. The van der Waals surface area contributed by atoms with Crippen molar-refractivity contribution in [2.24, 2.45) is 0 Å². The van der Waals surface area contributed by atoms with Crippen LogP contribution >= 0.6 is 0 Å². The van der Waals surface area contributed by atoms with Crippen LogP contribution in [0.1, 0.15) is 6.92 Å². The van der Waals surface area contributed by atoms with Crippen molar-refractivity contribution in [3.63, 3.8) is 0 Å². The fourth-order valence-corrected chi connectivity index (χ4v) is 2.66. The molecule has 0 aliphatic carbocycles. The van der Waals surface area contributed by atoms with E-state index in [0.29, 0.717) is 35.2 Å². The molecule has 26 heavy (non-hydrogen) atoms. The zero-order chi connectivity index (χ0) is 18.5. The maximum Gasteiger partial charge on any atom is 0.265 e. The van der Waals surface area contributed by atoms with E-state index >= 15 is 0 Å². The average molecular weight is 356 g/mol. The van der Waals surface area contributed by atoms with Gasteiger partial charge in [0.2, 0.25) is 0 Å². The van der Waals surface area contributed by atoms with E-state index in [2.05, 4.69) is 5.32 Å². The molecule has 3 rings (SSSR count). The minimum Gasteiger partial charge on any atom is -0.497 e. The van der Waals surface area contributed by atoms with E-state index < -0.39 is 0 Å². The quantitative estimate of drug-likeness (QED) is 0.860. The molecule has 0 spiro atoms. The van der Waals surface area contributed by atoms with Crippen molar-refractivity contribution in [3.05, 3.63) is 42.5 Å². The maximum atomic E-state index is 12.1. The van der Waals surface area contributed by atoms with Crippen molar-refractivity contribution in [2.45, 2.75) is 6.92 Å². The van der Waals surface area contributed by atoms with Gasteiger partial charge >= 0.3 is 0 Å². The van der Waals surface area contributed by atoms with Crippen LogP contribution in [0.2, 0.25) is 0 Å². The van der Waals surface area contributed by atoms with Gasteiger partial charge in [0.25, 0.3) is 11.8 Å². The molecule has 0 saturated carbocycles. The highest BCUT2D eigenvalue weighted by Crippen LogP contribution is 2.34. The van der Waals surface area contributed by atoms with Crippen LogP contribution < -0.4 is 24.4 Å². The van der Waals surface area contributed by atoms with Gasteiger partial charge in [0, 0.05) is 18.3 Å². The topological polar surface area (TPSA) is 77.1 Å². The summed E-state index contributed by atoms with van der Waals surface area (Å²) in [4.78, 5) is 25.7. The van der Waals surface area contributed by atoms with Crippen LogP contribution in [-0.2, 0) is 9.59 Å². The number of hydrogen-bond donors (Lipinski definition) is 1. The molecule has 1 heterocycles. The number of fused-ring (bicyclic) bond motifs is 1. The van der Waals surface area contributed by atoms with E-state index in [0.717, 1.165) is 0 Å². The molecule has 1 aliphatic rings. The molecule has 7 nitrogen and oxygen atoms in total. The fraction of sp³-hybridized carbons (Fsp3) is 0.263. The minimum atomic E-state index is -0.307. The zero-order valence-electron chi connectivity index (χ0n) is 14.7. The second kappa shape index (κ2) is 7.77. The second-order valence-corrected chi connectivity index (χ2v) is 5.63. The second-order valence-electron chi connectivity index (χ2n) is 5.63. The van der Waals surface area contributed by atoms with E-state index in [1.165, 1.54) is 0 Å². The first-order chi connectivity index (χ1) is 12.6. The van der Waals surface area contributed by atoms with Crippen molar-refractivity contribution in [3.8, 4) is 17.2 Å². The minimum absolute atomic E-state index is 0.0287. The number of hydrogen-bond acceptors (Lipinski definition) is 5.